The molecule has 3 rings (SSSR count). The molecule has 0 atom stereocenters. The quantitative estimate of drug-likeness (QED) is 0.550. The SMILES string of the molecule is Cc1ccc(-c2ccc(CCc3ccc(C)c(F)c3F)cc2)cc1. The molecular weight excluding hydrogens is 302 g/mol. The van der Waals surface area contributed by atoms with Crippen molar-refractivity contribution in [3.63, 3.8) is 0 Å². The molecule has 0 aromatic heterocycles. The molecule has 0 aliphatic rings. The van der Waals surface area contributed by atoms with E-state index in [0.29, 0.717) is 24.0 Å². The summed E-state index contributed by atoms with van der Waals surface area (Å²) in [6.07, 6.45) is 1.18. The fourth-order valence-corrected chi connectivity index (χ4v) is 2.77. The number of benzene rings is 3. The van der Waals surface area contributed by atoms with Crippen LogP contribution in [0.3, 0.4) is 0 Å². The zero-order chi connectivity index (χ0) is 17.1. The highest BCUT2D eigenvalue weighted by Crippen LogP contribution is 2.22. The fraction of sp³-hybridized carbons (Fsp3) is 0.182. The Bertz CT molecular complexity index is 831. The van der Waals surface area contributed by atoms with Gasteiger partial charge in [0.05, 0.1) is 0 Å². The van der Waals surface area contributed by atoms with Gasteiger partial charge in [-0.15, -0.1) is 0 Å². The first kappa shape index (κ1) is 16.4. The summed E-state index contributed by atoms with van der Waals surface area (Å²) < 4.78 is 27.5. The number of halogens is 2. The average molecular weight is 322 g/mol. The van der Waals surface area contributed by atoms with Crippen molar-refractivity contribution in [1.29, 1.82) is 0 Å². The summed E-state index contributed by atoms with van der Waals surface area (Å²) in [5.74, 6) is -1.45. The maximum atomic E-state index is 13.9. The van der Waals surface area contributed by atoms with Crippen molar-refractivity contribution in [2.24, 2.45) is 0 Å². The number of hydrogen-bond acceptors (Lipinski definition) is 0. The molecule has 0 heterocycles. The molecule has 0 bridgehead atoms. The first-order chi connectivity index (χ1) is 11.5. The summed E-state index contributed by atoms with van der Waals surface area (Å²) in [6, 6.07) is 20.0. The van der Waals surface area contributed by atoms with Gasteiger partial charge in [0, 0.05) is 0 Å². The van der Waals surface area contributed by atoms with E-state index < -0.39 is 11.6 Å². The molecule has 3 aromatic rings. The van der Waals surface area contributed by atoms with E-state index in [9.17, 15) is 8.78 Å². The van der Waals surface area contributed by atoms with Crippen molar-refractivity contribution in [2.45, 2.75) is 26.7 Å². The third-order valence-corrected chi connectivity index (χ3v) is 4.38. The lowest BCUT2D eigenvalue weighted by Gasteiger charge is -2.07. The standard InChI is InChI=1S/C22H20F2/c1-15-3-9-18(10-4-15)19-12-6-17(7-13-19)8-14-20-11-5-16(2)21(23)22(20)24/h3-7,9-13H,8,14H2,1-2H3. The van der Waals surface area contributed by atoms with Gasteiger partial charge in [-0.2, -0.15) is 0 Å². The predicted molar refractivity (Wildman–Crippen MR) is 95.1 cm³/mol. The molecule has 0 radical (unpaired) electrons. The van der Waals surface area contributed by atoms with Crippen LogP contribution in [0, 0.1) is 25.5 Å². The van der Waals surface area contributed by atoms with Crippen molar-refractivity contribution in [1.82, 2.24) is 0 Å². The predicted octanol–water partition coefficient (Wildman–Crippen LogP) is 6.03. The highest BCUT2D eigenvalue weighted by atomic mass is 19.2. The fourth-order valence-electron chi connectivity index (χ4n) is 2.77. The van der Waals surface area contributed by atoms with Gasteiger partial charge in [0.1, 0.15) is 0 Å². The molecule has 0 aliphatic heterocycles. The first-order valence-electron chi connectivity index (χ1n) is 8.14. The Morgan fingerprint density at radius 3 is 1.83 bits per heavy atom. The van der Waals surface area contributed by atoms with Crippen LogP contribution in [-0.2, 0) is 12.8 Å². The van der Waals surface area contributed by atoms with Crippen LogP contribution < -0.4 is 0 Å². The largest absolute Gasteiger partial charge is 0.203 e. The van der Waals surface area contributed by atoms with E-state index in [1.165, 1.54) is 11.1 Å². The third kappa shape index (κ3) is 3.53. The van der Waals surface area contributed by atoms with Crippen LogP contribution in [-0.4, -0.2) is 0 Å². The van der Waals surface area contributed by atoms with E-state index in [1.54, 1.807) is 19.1 Å². The first-order valence-corrected chi connectivity index (χ1v) is 8.14. The minimum Gasteiger partial charge on any atom is -0.203 e. The molecular formula is C22H20F2. The van der Waals surface area contributed by atoms with Crippen molar-refractivity contribution >= 4 is 0 Å². The summed E-state index contributed by atoms with van der Waals surface area (Å²) in [5.41, 5.74) is 5.47. The molecule has 0 amide bonds. The molecule has 0 aliphatic carbocycles. The smallest absolute Gasteiger partial charge is 0.162 e. The molecule has 0 spiro atoms. The van der Waals surface area contributed by atoms with E-state index in [2.05, 4.69) is 55.5 Å². The molecule has 0 N–H and O–H groups in total. The highest BCUT2D eigenvalue weighted by molar-refractivity contribution is 5.63. The molecule has 3 aromatic carbocycles. The molecule has 0 saturated heterocycles. The van der Waals surface area contributed by atoms with Gasteiger partial charge in [0.2, 0.25) is 0 Å². The molecule has 122 valence electrons. The van der Waals surface area contributed by atoms with E-state index in [-0.39, 0.29) is 0 Å². The summed E-state index contributed by atoms with van der Waals surface area (Å²) in [6.45, 7) is 3.64. The lowest BCUT2D eigenvalue weighted by atomic mass is 9.99. The summed E-state index contributed by atoms with van der Waals surface area (Å²) in [7, 11) is 0. The molecule has 0 fully saturated rings. The maximum Gasteiger partial charge on any atom is 0.162 e. The lowest BCUT2D eigenvalue weighted by molar-refractivity contribution is 0.493. The van der Waals surface area contributed by atoms with E-state index in [0.717, 1.165) is 11.1 Å². The van der Waals surface area contributed by atoms with Gasteiger partial charge in [0.15, 0.2) is 11.6 Å². The lowest BCUT2D eigenvalue weighted by Crippen LogP contribution is -1.99. The van der Waals surface area contributed by atoms with Crippen LogP contribution in [0.25, 0.3) is 11.1 Å². The second-order valence-corrected chi connectivity index (χ2v) is 6.23. The highest BCUT2D eigenvalue weighted by Gasteiger charge is 2.10. The van der Waals surface area contributed by atoms with Crippen molar-refractivity contribution < 1.29 is 8.78 Å². The molecule has 2 heteroatoms. The molecule has 24 heavy (non-hydrogen) atoms. The number of aryl methyl sites for hydroxylation is 4. The van der Waals surface area contributed by atoms with Crippen LogP contribution in [0.4, 0.5) is 8.78 Å². The summed E-state index contributed by atoms with van der Waals surface area (Å²) in [4.78, 5) is 0. The number of hydrogen-bond donors (Lipinski definition) is 0. The number of rotatable bonds is 4. The third-order valence-electron chi connectivity index (χ3n) is 4.38. The van der Waals surface area contributed by atoms with Crippen LogP contribution in [0.15, 0.2) is 60.7 Å². The van der Waals surface area contributed by atoms with Gasteiger partial charge in [-0.3, -0.25) is 0 Å². The Kier molecular flexibility index (Phi) is 4.75. The minimum atomic E-state index is -0.734. The van der Waals surface area contributed by atoms with Gasteiger partial charge < -0.3 is 0 Å². The van der Waals surface area contributed by atoms with E-state index in [4.69, 9.17) is 0 Å². The Labute approximate surface area is 141 Å². The van der Waals surface area contributed by atoms with E-state index >= 15 is 0 Å². The van der Waals surface area contributed by atoms with Crippen LogP contribution in [0.1, 0.15) is 22.3 Å². The van der Waals surface area contributed by atoms with Gasteiger partial charge in [-0.05, 0) is 54.5 Å². The maximum absolute atomic E-state index is 13.9. The molecule has 0 nitrogen and oxygen atoms in total. The van der Waals surface area contributed by atoms with Crippen LogP contribution in [0.2, 0.25) is 0 Å². The van der Waals surface area contributed by atoms with Crippen molar-refractivity contribution in [3.05, 3.63) is 94.6 Å². The molecule has 0 saturated carbocycles. The Morgan fingerprint density at radius 1 is 0.625 bits per heavy atom. The normalized spacial score (nSPS) is 10.8. The summed E-state index contributed by atoms with van der Waals surface area (Å²) >= 11 is 0. The second kappa shape index (κ2) is 6.96. The Morgan fingerprint density at radius 2 is 1.21 bits per heavy atom. The van der Waals surface area contributed by atoms with Crippen LogP contribution >= 0.6 is 0 Å². The zero-order valence-corrected chi connectivity index (χ0v) is 13.9. The van der Waals surface area contributed by atoms with Crippen LogP contribution in [0.5, 0.6) is 0 Å². The molecule has 0 unspecified atom stereocenters. The van der Waals surface area contributed by atoms with Crippen molar-refractivity contribution in [2.75, 3.05) is 0 Å². The second-order valence-electron chi connectivity index (χ2n) is 6.23. The van der Waals surface area contributed by atoms with Crippen molar-refractivity contribution in [3.8, 4) is 11.1 Å². The van der Waals surface area contributed by atoms with Gasteiger partial charge in [0.25, 0.3) is 0 Å². The monoisotopic (exact) mass is 322 g/mol. The van der Waals surface area contributed by atoms with Gasteiger partial charge >= 0.3 is 0 Å². The Hall–Kier alpha value is -2.48. The minimum absolute atomic E-state index is 0.346. The summed E-state index contributed by atoms with van der Waals surface area (Å²) in [5, 5.41) is 0. The van der Waals surface area contributed by atoms with Gasteiger partial charge in [-0.25, -0.2) is 8.78 Å². The van der Waals surface area contributed by atoms with Gasteiger partial charge in [-0.1, -0.05) is 66.2 Å². The Balaban J connectivity index is 1.71. The zero-order valence-electron chi connectivity index (χ0n) is 13.9. The topological polar surface area (TPSA) is 0 Å². The van der Waals surface area contributed by atoms with E-state index in [1.807, 2.05) is 0 Å². The average Bonchev–Trinajstić information content (AvgIpc) is 2.60.